The number of hydrogen-bond acceptors (Lipinski definition) is 6. The van der Waals surface area contributed by atoms with Crippen molar-refractivity contribution >= 4 is 38.9 Å². The van der Waals surface area contributed by atoms with Crippen molar-refractivity contribution in [3.63, 3.8) is 0 Å². The van der Waals surface area contributed by atoms with Gasteiger partial charge in [0.15, 0.2) is 0 Å². The lowest BCUT2D eigenvalue weighted by molar-refractivity contribution is -0.384. The molecule has 0 aliphatic rings. The van der Waals surface area contributed by atoms with Gasteiger partial charge in [-0.25, -0.2) is 8.42 Å². The molecule has 0 aromatic heterocycles. The third-order valence-electron chi connectivity index (χ3n) is 4.42. The molecule has 0 unspecified atom stereocenters. The number of sulfonamides is 1. The predicted molar refractivity (Wildman–Crippen MR) is 116 cm³/mol. The van der Waals surface area contributed by atoms with Crippen molar-refractivity contribution in [2.45, 2.75) is 11.8 Å². The molecule has 0 saturated heterocycles. The molecule has 0 aliphatic heterocycles. The first-order valence-corrected chi connectivity index (χ1v) is 10.7. The smallest absolute Gasteiger partial charge is 0.272 e. The number of aryl methyl sites for hydroxylation is 1. The predicted octanol–water partition coefficient (Wildman–Crippen LogP) is 4.60. The van der Waals surface area contributed by atoms with Crippen molar-refractivity contribution in [3.05, 3.63) is 93.0 Å². The number of rotatable bonds is 6. The molecule has 0 bridgehead atoms. The molecule has 0 atom stereocenters. The van der Waals surface area contributed by atoms with Gasteiger partial charge in [0, 0.05) is 17.7 Å². The summed E-state index contributed by atoms with van der Waals surface area (Å²) < 4.78 is 32.5. The quantitative estimate of drug-likeness (QED) is 0.393. The third-order valence-corrected chi connectivity index (χ3v) is 6.44. The van der Waals surface area contributed by atoms with Crippen LogP contribution in [0.2, 0.25) is 5.02 Å². The Labute approximate surface area is 183 Å². The number of anilines is 1. The lowest BCUT2D eigenvalue weighted by atomic mass is 10.2. The zero-order valence-electron chi connectivity index (χ0n) is 16.5. The number of carbonyl (C=O) groups excluding carboxylic acids is 1. The van der Waals surface area contributed by atoms with Gasteiger partial charge >= 0.3 is 0 Å². The summed E-state index contributed by atoms with van der Waals surface area (Å²) in [5.41, 5.74) is 0.286. The van der Waals surface area contributed by atoms with E-state index in [9.17, 15) is 23.3 Å². The number of halogens is 1. The highest BCUT2D eigenvalue weighted by Gasteiger charge is 2.33. The summed E-state index contributed by atoms with van der Waals surface area (Å²) in [7, 11) is -2.97. The van der Waals surface area contributed by atoms with Crippen molar-refractivity contribution in [2.24, 2.45) is 0 Å². The molecule has 3 rings (SSSR count). The number of methoxy groups -OCH3 is 1. The van der Waals surface area contributed by atoms with E-state index in [0.29, 0.717) is 10.1 Å². The van der Waals surface area contributed by atoms with Gasteiger partial charge in [-0.2, -0.15) is 4.31 Å². The van der Waals surface area contributed by atoms with E-state index >= 15 is 0 Å². The third kappa shape index (κ3) is 4.52. The number of carbonyl (C=O) groups is 1. The van der Waals surface area contributed by atoms with Crippen LogP contribution in [0.1, 0.15) is 15.9 Å². The zero-order valence-corrected chi connectivity index (χ0v) is 18.1. The highest BCUT2D eigenvalue weighted by molar-refractivity contribution is 7.93. The van der Waals surface area contributed by atoms with Gasteiger partial charge in [-0.1, -0.05) is 35.4 Å². The van der Waals surface area contributed by atoms with Crippen molar-refractivity contribution in [1.29, 1.82) is 0 Å². The molecule has 0 heterocycles. The van der Waals surface area contributed by atoms with E-state index < -0.39 is 20.9 Å². The SMILES string of the molecule is COc1ccc(N(C(=O)c2cccc([N+](=O)[O-])c2)S(=O)(=O)c2ccc(C)cc2)cc1Cl. The minimum absolute atomic E-state index is 0.0390. The minimum atomic E-state index is -4.37. The number of nitrogens with zero attached hydrogens (tertiary/aromatic N) is 2. The molecule has 0 aliphatic carbocycles. The Bertz CT molecular complexity index is 1260. The molecular formula is C21H17ClN2O6S. The van der Waals surface area contributed by atoms with Gasteiger partial charge in [-0.3, -0.25) is 14.9 Å². The minimum Gasteiger partial charge on any atom is -0.495 e. The van der Waals surface area contributed by atoms with Gasteiger partial charge in [0.25, 0.3) is 21.6 Å². The van der Waals surface area contributed by atoms with Crippen LogP contribution in [-0.2, 0) is 10.0 Å². The van der Waals surface area contributed by atoms with Crippen LogP contribution in [0.25, 0.3) is 0 Å². The molecule has 0 radical (unpaired) electrons. The maximum atomic E-state index is 13.4. The van der Waals surface area contributed by atoms with Gasteiger partial charge in [0.1, 0.15) is 5.75 Å². The number of hydrogen-bond donors (Lipinski definition) is 0. The molecule has 3 aromatic rings. The zero-order chi connectivity index (χ0) is 22.8. The van der Waals surface area contributed by atoms with Crippen molar-refractivity contribution in [1.82, 2.24) is 0 Å². The molecule has 0 fully saturated rings. The van der Waals surface area contributed by atoms with Crippen molar-refractivity contribution < 1.29 is 22.9 Å². The normalized spacial score (nSPS) is 11.1. The Morgan fingerprint density at radius 2 is 1.74 bits per heavy atom. The van der Waals surface area contributed by atoms with Gasteiger partial charge in [0.2, 0.25) is 0 Å². The molecule has 8 nitrogen and oxygen atoms in total. The maximum Gasteiger partial charge on any atom is 0.272 e. The Morgan fingerprint density at radius 3 is 2.32 bits per heavy atom. The van der Waals surface area contributed by atoms with E-state index in [4.69, 9.17) is 16.3 Å². The van der Waals surface area contributed by atoms with Crippen molar-refractivity contribution in [3.8, 4) is 5.75 Å². The first-order valence-electron chi connectivity index (χ1n) is 8.89. The van der Waals surface area contributed by atoms with Crippen LogP contribution >= 0.6 is 11.6 Å². The van der Waals surface area contributed by atoms with Gasteiger partial charge in [-0.15, -0.1) is 0 Å². The summed E-state index contributed by atoms with van der Waals surface area (Å²) >= 11 is 6.16. The van der Waals surface area contributed by atoms with E-state index in [1.807, 2.05) is 0 Å². The molecule has 0 saturated carbocycles. The molecule has 10 heteroatoms. The summed E-state index contributed by atoms with van der Waals surface area (Å²) in [4.78, 5) is 23.6. The first-order chi connectivity index (χ1) is 14.6. The Hall–Kier alpha value is -3.43. The van der Waals surface area contributed by atoms with Crippen LogP contribution in [0, 0.1) is 17.0 Å². The second-order valence-electron chi connectivity index (χ2n) is 6.51. The van der Waals surface area contributed by atoms with Crippen LogP contribution in [-0.4, -0.2) is 26.4 Å². The largest absolute Gasteiger partial charge is 0.495 e. The number of nitro groups is 1. The van der Waals surface area contributed by atoms with Gasteiger partial charge in [0.05, 0.1) is 27.6 Å². The van der Waals surface area contributed by atoms with E-state index in [-0.39, 0.29) is 26.9 Å². The summed E-state index contributed by atoms with van der Waals surface area (Å²) in [6, 6.07) is 14.9. The standard InChI is InChI=1S/C21H17ClN2O6S/c1-14-6-9-18(10-7-14)31(28,29)23(16-8-11-20(30-2)19(22)13-16)21(25)15-4-3-5-17(12-15)24(26)27/h3-13H,1-2H3. The first kappa shape index (κ1) is 22.3. The van der Waals surface area contributed by atoms with Gasteiger partial charge in [-0.05, 0) is 43.3 Å². The highest BCUT2D eigenvalue weighted by Crippen LogP contribution is 2.33. The number of nitro benzene ring substituents is 1. The second-order valence-corrected chi connectivity index (χ2v) is 8.71. The van der Waals surface area contributed by atoms with Crippen LogP contribution in [0.5, 0.6) is 5.75 Å². The monoisotopic (exact) mass is 460 g/mol. The number of amides is 1. The molecule has 0 spiro atoms. The number of non-ortho nitro benzene ring substituents is 1. The van der Waals surface area contributed by atoms with E-state index in [0.717, 1.165) is 11.6 Å². The lowest BCUT2D eigenvalue weighted by Crippen LogP contribution is -2.37. The molecule has 3 aromatic carbocycles. The molecule has 160 valence electrons. The van der Waals surface area contributed by atoms with E-state index in [2.05, 4.69) is 0 Å². The second kappa shape index (κ2) is 8.75. The summed E-state index contributed by atoms with van der Waals surface area (Å²) in [5.74, 6) is -0.675. The molecule has 0 N–H and O–H groups in total. The van der Waals surface area contributed by atoms with Crippen LogP contribution in [0.3, 0.4) is 0 Å². The molecule has 31 heavy (non-hydrogen) atoms. The average Bonchev–Trinajstić information content (AvgIpc) is 2.74. The van der Waals surface area contributed by atoms with Crippen molar-refractivity contribution in [2.75, 3.05) is 11.4 Å². The van der Waals surface area contributed by atoms with E-state index in [1.165, 1.54) is 55.6 Å². The summed E-state index contributed by atoms with van der Waals surface area (Å²) in [6.45, 7) is 1.80. The average molecular weight is 461 g/mol. The number of benzene rings is 3. The van der Waals surface area contributed by atoms with Gasteiger partial charge < -0.3 is 4.74 Å². The fourth-order valence-corrected chi connectivity index (χ4v) is 4.49. The number of ether oxygens (including phenoxy) is 1. The highest BCUT2D eigenvalue weighted by atomic mass is 35.5. The summed E-state index contributed by atoms with van der Waals surface area (Å²) in [5, 5.41) is 11.2. The topological polar surface area (TPSA) is 107 Å². The summed E-state index contributed by atoms with van der Waals surface area (Å²) in [6.07, 6.45) is 0. The Balaban J connectivity index is 2.20. The lowest BCUT2D eigenvalue weighted by Gasteiger charge is -2.23. The Morgan fingerprint density at radius 1 is 1.06 bits per heavy atom. The van der Waals surface area contributed by atoms with E-state index in [1.54, 1.807) is 19.1 Å². The fourth-order valence-electron chi connectivity index (χ4n) is 2.83. The fraction of sp³-hybridized carbons (Fsp3) is 0.0952. The van der Waals surface area contributed by atoms with Crippen LogP contribution in [0.15, 0.2) is 71.6 Å². The maximum absolute atomic E-state index is 13.4. The molecule has 1 amide bonds. The van der Waals surface area contributed by atoms with Crippen LogP contribution in [0.4, 0.5) is 11.4 Å². The van der Waals surface area contributed by atoms with Crippen LogP contribution < -0.4 is 9.04 Å². The Kier molecular flexibility index (Phi) is 6.28. The molecular weight excluding hydrogens is 444 g/mol.